The molecule has 0 heterocycles. The lowest BCUT2D eigenvalue weighted by atomic mass is 10.0. The van der Waals surface area contributed by atoms with E-state index < -0.39 is 18.3 Å². The zero-order valence-electron chi connectivity index (χ0n) is 16.8. The molecule has 8 heteroatoms. The van der Waals surface area contributed by atoms with E-state index in [4.69, 9.17) is 24.6 Å². The molecule has 2 aromatic rings. The van der Waals surface area contributed by atoms with Gasteiger partial charge in [-0.1, -0.05) is 12.1 Å². The van der Waals surface area contributed by atoms with Crippen molar-refractivity contribution in [1.29, 1.82) is 5.26 Å². The van der Waals surface area contributed by atoms with Gasteiger partial charge in [-0.25, -0.2) is 4.79 Å². The van der Waals surface area contributed by atoms with E-state index >= 15 is 0 Å². The molecule has 2 aromatic carbocycles. The minimum absolute atomic E-state index is 0.0914. The monoisotopic (exact) mass is 414 g/mol. The van der Waals surface area contributed by atoms with Gasteiger partial charge in [-0.3, -0.25) is 5.32 Å². The molecular formula is C22H26N2O6. The van der Waals surface area contributed by atoms with E-state index in [1.807, 2.05) is 13.0 Å². The molecule has 2 rings (SSSR count). The van der Waals surface area contributed by atoms with E-state index in [0.717, 1.165) is 0 Å². The first-order valence-corrected chi connectivity index (χ1v) is 9.65. The van der Waals surface area contributed by atoms with Gasteiger partial charge in [0.25, 0.3) is 0 Å². The highest BCUT2D eigenvalue weighted by Crippen LogP contribution is 2.28. The van der Waals surface area contributed by atoms with Crippen molar-refractivity contribution in [3.63, 3.8) is 0 Å². The van der Waals surface area contributed by atoms with Gasteiger partial charge in [-0.15, -0.1) is 0 Å². The molecule has 0 aromatic heterocycles. The predicted octanol–water partition coefficient (Wildman–Crippen LogP) is 3.01. The number of aliphatic hydroxyl groups excluding tert-OH is 2. The Kier molecular flexibility index (Phi) is 9.61. The lowest BCUT2D eigenvalue weighted by Crippen LogP contribution is -2.29. The molecule has 2 atom stereocenters. The van der Waals surface area contributed by atoms with E-state index in [1.54, 1.807) is 48.5 Å². The smallest absolute Gasteiger partial charge is 0.412 e. The molecule has 0 aliphatic rings. The number of anilines is 1. The Balaban J connectivity index is 2.17. The van der Waals surface area contributed by atoms with Crippen LogP contribution in [0.5, 0.6) is 5.75 Å². The second kappa shape index (κ2) is 12.4. The number of aliphatic hydroxyl groups is 2. The third-order valence-corrected chi connectivity index (χ3v) is 4.20. The summed E-state index contributed by atoms with van der Waals surface area (Å²) in [6, 6.07) is 15.3. The Bertz CT molecular complexity index is 811. The van der Waals surface area contributed by atoms with Crippen LogP contribution in [0.1, 0.15) is 30.6 Å². The Labute approximate surface area is 175 Å². The first-order chi connectivity index (χ1) is 14.6. The van der Waals surface area contributed by atoms with Gasteiger partial charge >= 0.3 is 6.09 Å². The van der Waals surface area contributed by atoms with E-state index in [1.165, 1.54) is 0 Å². The summed E-state index contributed by atoms with van der Waals surface area (Å²) in [7, 11) is 0. The van der Waals surface area contributed by atoms with Crippen molar-refractivity contribution in [3.8, 4) is 11.8 Å². The standard InChI is InChI=1S/C22H26N2O6/c1-2-28-20(11-12-25)21(17-5-9-19(10-6-17)29-14-13-26)30-22(27)24-18-7-3-16(15-23)4-8-18/h3-10,20-21,25-26H,2,11-14H2,1H3,(H,24,27)/t20-,21-/m1/s1. The molecule has 8 nitrogen and oxygen atoms in total. The van der Waals surface area contributed by atoms with Gasteiger partial charge in [-0.2, -0.15) is 5.26 Å². The highest BCUT2D eigenvalue weighted by molar-refractivity contribution is 5.84. The molecule has 0 saturated carbocycles. The highest BCUT2D eigenvalue weighted by Gasteiger charge is 2.27. The van der Waals surface area contributed by atoms with Crippen LogP contribution in [0.25, 0.3) is 0 Å². The van der Waals surface area contributed by atoms with Crippen LogP contribution in [0.3, 0.4) is 0 Å². The van der Waals surface area contributed by atoms with Crippen molar-refractivity contribution in [1.82, 2.24) is 0 Å². The van der Waals surface area contributed by atoms with Crippen molar-refractivity contribution in [2.45, 2.75) is 25.6 Å². The third kappa shape index (κ3) is 7.04. The molecule has 0 bridgehead atoms. The summed E-state index contributed by atoms with van der Waals surface area (Å²) in [4.78, 5) is 12.5. The second-order valence-corrected chi connectivity index (χ2v) is 6.29. The van der Waals surface area contributed by atoms with E-state index in [2.05, 4.69) is 5.32 Å². The Morgan fingerprint density at radius 2 is 1.80 bits per heavy atom. The van der Waals surface area contributed by atoms with Crippen molar-refractivity contribution in [3.05, 3.63) is 59.7 Å². The van der Waals surface area contributed by atoms with Gasteiger partial charge in [-0.05, 0) is 48.9 Å². The number of nitriles is 1. The number of hydrogen-bond acceptors (Lipinski definition) is 7. The highest BCUT2D eigenvalue weighted by atomic mass is 16.6. The van der Waals surface area contributed by atoms with Gasteiger partial charge in [0.15, 0.2) is 6.10 Å². The molecule has 3 N–H and O–H groups in total. The van der Waals surface area contributed by atoms with E-state index in [9.17, 15) is 9.90 Å². The molecule has 160 valence electrons. The number of ether oxygens (including phenoxy) is 3. The molecule has 0 aliphatic carbocycles. The summed E-state index contributed by atoms with van der Waals surface area (Å²) in [5, 5.41) is 29.8. The molecule has 0 radical (unpaired) electrons. The number of amides is 1. The van der Waals surface area contributed by atoms with Crippen LogP contribution in [0.2, 0.25) is 0 Å². The van der Waals surface area contributed by atoms with Crippen LogP contribution in [-0.4, -0.2) is 48.8 Å². The number of rotatable bonds is 11. The number of nitrogens with zero attached hydrogens (tertiary/aromatic N) is 1. The average molecular weight is 414 g/mol. The normalized spacial score (nSPS) is 12.5. The Morgan fingerprint density at radius 1 is 1.10 bits per heavy atom. The number of nitrogens with one attached hydrogen (secondary N) is 1. The minimum atomic E-state index is -0.762. The van der Waals surface area contributed by atoms with E-state index in [-0.39, 0.29) is 26.2 Å². The first kappa shape index (κ1) is 23.2. The fraction of sp³-hybridized carbons (Fsp3) is 0.364. The maximum absolute atomic E-state index is 12.5. The molecule has 30 heavy (non-hydrogen) atoms. The quantitative estimate of drug-likeness (QED) is 0.517. The lowest BCUT2D eigenvalue weighted by molar-refractivity contribution is -0.0484. The number of carbonyl (C=O) groups is 1. The summed E-state index contributed by atoms with van der Waals surface area (Å²) in [5.74, 6) is 0.573. The summed E-state index contributed by atoms with van der Waals surface area (Å²) in [6.07, 6.45) is -1.71. The van der Waals surface area contributed by atoms with Crippen molar-refractivity contribution in [2.24, 2.45) is 0 Å². The maximum atomic E-state index is 12.5. The van der Waals surface area contributed by atoms with Crippen molar-refractivity contribution < 1.29 is 29.2 Å². The molecule has 0 saturated heterocycles. The summed E-state index contributed by atoms with van der Waals surface area (Å²) in [6.45, 7) is 2.17. The molecule has 0 fully saturated rings. The van der Waals surface area contributed by atoms with Gasteiger partial charge < -0.3 is 24.4 Å². The summed E-state index contributed by atoms with van der Waals surface area (Å²) >= 11 is 0. The number of carbonyl (C=O) groups excluding carboxylic acids is 1. The van der Waals surface area contributed by atoms with Crippen LogP contribution >= 0.6 is 0 Å². The maximum Gasteiger partial charge on any atom is 0.412 e. The number of hydrogen-bond donors (Lipinski definition) is 3. The topological polar surface area (TPSA) is 121 Å². The van der Waals surface area contributed by atoms with Gasteiger partial charge in [0, 0.05) is 25.3 Å². The zero-order valence-corrected chi connectivity index (χ0v) is 16.8. The fourth-order valence-corrected chi connectivity index (χ4v) is 2.83. The molecule has 1 amide bonds. The second-order valence-electron chi connectivity index (χ2n) is 6.29. The van der Waals surface area contributed by atoms with Gasteiger partial charge in [0.1, 0.15) is 18.5 Å². The fourth-order valence-electron chi connectivity index (χ4n) is 2.83. The lowest BCUT2D eigenvalue weighted by Gasteiger charge is -2.27. The molecular weight excluding hydrogens is 388 g/mol. The van der Waals surface area contributed by atoms with Crippen molar-refractivity contribution >= 4 is 11.8 Å². The SMILES string of the molecule is CCO[C@H](CCO)[C@H](OC(=O)Nc1ccc(C#N)cc1)c1ccc(OCCO)cc1. The van der Waals surface area contributed by atoms with Crippen LogP contribution in [0, 0.1) is 11.3 Å². The number of benzene rings is 2. The van der Waals surface area contributed by atoms with Crippen LogP contribution in [0.4, 0.5) is 10.5 Å². The van der Waals surface area contributed by atoms with Crippen LogP contribution in [-0.2, 0) is 9.47 Å². The van der Waals surface area contributed by atoms with Crippen LogP contribution < -0.4 is 10.1 Å². The Morgan fingerprint density at radius 3 is 2.37 bits per heavy atom. The zero-order chi connectivity index (χ0) is 21.8. The molecule has 0 aliphatic heterocycles. The summed E-state index contributed by atoms with van der Waals surface area (Å²) < 4.78 is 16.7. The van der Waals surface area contributed by atoms with Crippen LogP contribution in [0.15, 0.2) is 48.5 Å². The largest absolute Gasteiger partial charge is 0.491 e. The van der Waals surface area contributed by atoms with Crippen molar-refractivity contribution in [2.75, 3.05) is 31.7 Å². The minimum Gasteiger partial charge on any atom is -0.491 e. The van der Waals surface area contributed by atoms with Gasteiger partial charge in [0.2, 0.25) is 0 Å². The van der Waals surface area contributed by atoms with E-state index in [0.29, 0.717) is 29.2 Å². The molecule has 0 spiro atoms. The average Bonchev–Trinajstić information content (AvgIpc) is 2.77. The first-order valence-electron chi connectivity index (χ1n) is 9.65. The predicted molar refractivity (Wildman–Crippen MR) is 110 cm³/mol. The third-order valence-electron chi connectivity index (χ3n) is 4.20. The summed E-state index contributed by atoms with van der Waals surface area (Å²) in [5.41, 5.74) is 1.64. The Hall–Kier alpha value is -3.12. The van der Waals surface area contributed by atoms with Gasteiger partial charge in [0.05, 0.1) is 18.2 Å². The molecule has 0 unspecified atom stereocenters.